The second-order valence-electron chi connectivity index (χ2n) is 6.55. The van der Waals surface area contributed by atoms with Gasteiger partial charge in [-0.25, -0.2) is 0 Å². The first kappa shape index (κ1) is 12.2. The van der Waals surface area contributed by atoms with Gasteiger partial charge in [0.25, 0.3) is 0 Å². The molecule has 0 saturated heterocycles. The van der Waals surface area contributed by atoms with Gasteiger partial charge in [0, 0.05) is 4.88 Å². The van der Waals surface area contributed by atoms with Gasteiger partial charge in [0.2, 0.25) is 0 Å². The van der Waals surface area contributed by atoms with E-state index in [1.54, 1.807) is 0 Å². The van der Waals surface area contributed by atoms with Gasteiger partial charge in [-0.15, -0.1) is 22.9 Å². The highest BCUT2D eigenvalue weighted by Gasteiger charge is 2.50. The molecular weight excluding hydrogens is 328 g/mol. The summed E-state index contributed by atoms with van der Waals surface area (Å²) in [6.45, 7) is 0. The minimum Gasteiger partial charge on any atom is -0.132 e. The molecule has 4 aliphatic carbocycles. The highest BCUT2D eigenvalue weighted by Crippen LogP contribution is 2.60. The van der Waals surface area contributed by atoms with Gasteiger partial charge >= 0.3 is 0 Å². The highest BCUT2D eigenvalue weighted by molar-refractivity contribution is 9.11. The Morgan fingerprint density at radius 3 is 2.17 bits per heavy atom. The first-order chi connectivity index (χ1) is 8.70. The van der Waals surface area contributed by atoms with Crippen LogP contribution in [-0.2, 0) is 0 Å². The van der Waals surface area contributed by atoms with Crippen LogP contribution in [0.3, 0.4) is 0 Å². The summed E-state index contributed by atoms with van der Waals surface area (Å²) in [4.78, 5) is 1.38. The minimum absolute atomic E-state index is 0.260. The molecule has 0 radical (unpaired) electrons. The molecule has 0 aromatic carbocycles. The summed E-state index contributed by atoms with van der Waals surface area (Å²) >= 11 is 12.2. The molecule has 0 spiro atoms. The van der Waals surface area contributed by atoms with Crippen LogP contribution in [0, 0.1) is 29.6 Å². The van der Waals surface area contributed by atoms with E-state index in [1.165, 1.54) is 40.8 Å². The quantitative estimate of drug-likeness (QED) is 0.589. The Labute approximate surface area is 126 Å². The molecule has 1 aromatic heterocycles. The Morgan fingerprint density at radius 2 is 1.67 bits per heavy atom. The fourth-order valence-corrected chi connectivity index (χ4v) is 7.19. The molecule has 4 bridgehead atoms. The number of alkyl halides is 1. The zero-order chi connectivity index (χ0) is 12.3. The summed E-state index contributed by atoms with van der Waals surface area (Å²) < 4.78 is 1.21. The number of rotatable bonds is 2. The predicted molar refractivity (Wildman–Crippen MR) is 81.1 cm³/mol. The maximum Gasteiger partial charge on any atom is 0.0712 e. The summed E-state index contributed by atoms with van der Waals surface area (Å²) in [5, 5.41) is 0.260. The van der Waals surface area contributed by atoms with E-state index in [4.69, 9.17) is 11.6 Å². The average Bonchev–Trinajstić information content (AvgIpc) is 2.74. The number of hydrogen-bond donors (Lipinski definition) is 0. The molecule has 0 nitrogen and oxygen atoms in total. The maximum absolute atomic E-state index is 6.85. The Balaban J connectivity index is 1.61. The summed E-state index contributed by atoms with van der Waals surface area (Å²) in [6, 6.07) is 4.36. The van der Waals surface area contributed by atoms with Crippen LogP contribution in [0.2, 0.25) is 0 Å². The fourth-order valence-electron chi connectivity index (χ4n) is 5.11. The second-order valence-corrected chi connectivity index (χ2v) is 9.52. The molecule has 98 valence electrons. The van der Waals surface area contributed by atoms with E-state index in [0.717, 1.165) is 29.6 Å². The topological polar surface area (TPSA) is 0 Å². The van der Waals surface area contributed by atoms with Crippen molar-refractivity contribution in [1.82, 2.24) is 0 Å². The molecule has 5 rings (SSSR count). The standard InChI is InChI=1S/C15H18BrClS/c16-13-2-1-12(18-13)15(17)14-10-4-8-3-9(6-10)7-11(14)5-8/h1-2,8-11,14-15H,3-7H2. The Hall–Kier alpha value is 0.470. The van der Waals surface area contributed by atoms with E-state index in [-0.39, 0.29) is 5.38 Å². The van der Waals surface area contributed by atoms with Gasteiger partial charge in [-0.1, -0.05) is 0 Å². The third kappa shape index (κ3) is 1.91. The first-order valence-corrected chi connectivity index (χ1v) is 9.14. The largest absolute Gasteiger partial charge is 0.132 e. The zero-order valence-electron chi connectivity index (χ0n) is 10.3. The van der Waals surface area contributed by atoms with Crippen LogP contribution < -0.4 is 0 Å². The predicted octanol–water partition coefficient (Wildman–Crippen LogP) is 5.86. The van der Waals surface area contributed by atoms with E-state index < -0.39 is 0 Å². The van der Waals surface area contributed by atoms with Crippen LogP contribution >= 0.6 is 38.9 Å². The lowest BCUT2D eigenvalue weighted by Gasteiger charge is -2.55. The van der Waals surface area contributed by atoms with Gasteiger partial charge in [0.15, 0.2) is 0 Å². The van der Waals surface area contributed by atoms with Gasteiger partial charge < -0.3 is 0 Å². The van der Waals surface area contributed by atoms with E-state index >= 15 is 0 Å². The molecule has 0 N–H and O–H groups in total. The molecule has 4 aliphatic rings. The van der Waals surface area contributed by atoms with E-state index in [9.17, 15) is 0 Å². The second kappa shape index (κ2) is 4.49. The van der Waals surface area contributed by atoms with Crippen molar-refractivity contribution in [3.05, 3.63) is 20.8 Å². The van der Waals surface area contributed by atoms with Crippen LogP contribution in [0.4, 0.5) is 0 Å². The normalized spacial score (nSPS) is 43.3. The number of thiophene rings is 1. The zero-order valence-corrected chi connectivity index (χ0v) is 13.5. The van der Waals surface area contributed by atoms with Crippen molar-refractivity contribution in [2.75, 3.05) is 0 Å². The summed E-state index contributed by atoms with van der Waals surface area (Å²) in [6.07, 6.45) is 7.39. The molecule has 1 heterocycles. The summed E-state index contributed by atoms with van der Waals surface area (Å²) in [5.41, 5.74) is 0. The molecule has 4 saturated carbocycles. The van der Waals surface area contributed by atoms with Gasteiger partial charge in [0.05, 0.1) is 9.16 Å². The Morgan fingerprint density at radius 1 is 1.06 bits per heavy atom. The van der Waals surface area contributed by atoms with E-state index in [2.05, 4.69) is 28.1 Å². The lowest BCUT2D eigenvalue weighted by molar-refractivity contribution is -0.0378. The van der Waals surface area contributed by atoms with Crippen molar-refractivity contribution in [3.8, 4) is 0 Å². The lowest BCUT2D eigenvalue weighted by atomic mass is 9.51. The molecule has 0 aliphatic heterocycles. The summed E-state index contributed by atoms with van der Waals surface area (Å²) in [7, 11) is 0. The van der Waals surface area contributed by atoms with Crippen LogP contribution in [0.5, 0.6) is 0 Å². The molecule has 18 heavy (non-hydrogen) atoms. The van der Waals surface area contributed by atoms with Crippen molar-refractivity contribution in [3.63, 3.8) is 0 Å². The maximum atomic E-state index is 6.85. The lowest BCUT2D eigenvalue weighted by Crippen LogP contribution is -2.46. The first-order valence-electron chi connectivity index (χ1n) is 7.10. The van der Waals surface area contributed by atoms with Gasteiger partial charge in [0.1, 0.15) is 0 Å². The van der Waals surface area contributed by atoms with Crippen molar-refractivity contribution in [2.45, 2.75) is 37.5 Å². The van der Waals surface area contributed by atoms with Gasteiger partial charge in [-0.2, -0.15) is 0 Å². The number of hydrogen-bond acceptors (Lipinski definition) is 1. The minimum atomic E-state index is 0.260. The van der Waals surface area contributed by atoms with Crippen molar-refractivity contribution >= 4 is 38.9 Å². The molecule has 3 heteroatoms. The van der Waals surface area contributed by atoms with Crippen molar-refractivity contribution in [2.24, 2.45) is 29.6 Å². The molecule has 1 atom stereocenters. The van der Waals surface area contributed by atoms with Crippen molar-refractivity contribution < 1.29 is 0 Å². The van der Waals surface area contributed by atoms with E-state index in [1.807, 2.05) is 11.3 Å². The highest BCUT2D eigenvalue weighted by atomic mass is 79.9. The van der Waals surface area contributed by atoms with Crippen molar-refractivity contribution in [1.29, 1.82) is 0 Å². The number of halogens is 2. The summed E-state index contributed by atoms with van der Waals surface area (Å²) in [5.74, 6) is 4.68. The van der Waals surface area contributed by atoms with Gasteiger partial charge in [-0.05, 0) is 89.8 Å². The Bertz CT molecular complexity index is 427. The molecule has 4 fully saturated rings. The molecular formula is C15H18BrClS. The van der Waals surface area contributed by atoms with Crippen LogP contribution in [0.25, 0.3) is 0 Å². The smallest absolute Gasteiger partial charge is 0.0712 e. The SMILES string of the molecule is ClC(c1ccc(Br)s1)C1C2CC3CC(C2)CC1C3. The van der Waals surface area contributed by atoms with Gasteiger partial charge in [-0.3, -0.25) is 0 Å². The molecule has 0 amide bonds. The molecule has 1 aromatic rings. The van der Waals surface area contributed by atoms with Crippen LogP contribution in [0.15, 0.2) is 15.9 Å². The molecule has 1 unspecified atom stereocenters. The van der Waals surface area contributed by atoms with E-state index in [0.29, 0.717) is 0 Å². The van der Waals surface area contributed by atoms with Crippen LogP contribution in [0.1, 0.15) is 42.4 Å². The monoisotopic (exact) mass is 344 g/mol. The third-order valence-electron chi connectivity index (χ3n) is 5.50. The third-order valence-corrected chi connectivity index (χ3v) is 7.87. The average molecular weight is 346 g/mol. The van der Waals surface area contributed by atoms with Crippen LogP contribution in [-0.4, -0.2) is 0 Å². The Kier molecular flexibility index (Phi) is 3.05. The fraction of sp³-hybridized carbons (Fsp3) is 0.733.